The fourth-order valence-electron chi connectivity index (χ4n) is 1.14. The van der Waals surface area contributed by atoms with Gasteiger partial charge in [0.2, 0.25) is 0 Å². The second-order valence-electron chi connectivity index (χ2n) is 2.93. The van der Waals surface area contributed by atoms with E-state index in [2.05, 4.69) is 6.58 Å². The highest BCUT2D eigenvalue weighted by Crippen LogP contribution is 1.96. The molecule has 4 heteroatoms. The van der Waals surface area contributed by atoms with E-state index in [4.69, 9.17) is 10.2 Å². The molecule has 0 saturated carbocycles. The molecule has 0 aromatic heterocycles. The minimum Gasteiger partial charge on any atom is -0.395 e. The summed E-state index contributed by atoms with van der Waals surface area (Å²) in [4.78, 5) is 1.81. The van der Waals surface area contributed by atoms with Crippen LogP contribution in [0.2, 0.25) is 0 Å². The zero-order valence-corrected chi connectivity index (χ0v) is 7.89. The molecule has 0 bridgehead atoms. The summed E-state index contributed by atoms with van der Waals surface area (Å²) in [6, 6.07) is 0. The number of hydrogen-bond donors (Lipinski definition) is 3. The average Bonchev–Trinajstić information content (AvgIpc) is 2.05. The van der Waals surface area contributed by atoms with Crippen molar-refractivity contribution >= 4 is 0 Å². The molecule has 0 rings (SSSR count). The van der Waals surface area contributed by atoms with Crippen molar-refractivity contribution < 1.29 is 15.3 Å². The van der Waals surface area contributed by atoms with Gasteiger partial charge in [-0.15, -0.1) is 6.58 Å². The summed E-state index contributed by atoms with van der Waals surface area (Å²) in [6.45, 7) is 5.03. The maximum atomic E-state index is 9.40. The highest BCUT2D eigenvalue weighted by atomic mass is 16.3. The Morgan fingerprint density at radius 1 is 1.23 bits per heavy atom. The van der Waals surface area contributed by atoms with Crippen LogP contribution in [0.5, 0.6) is 0 Å². The monoisotopic (exact) mass is 189 g/mol. The molecule has 0 saturated heterocycles. The van der Waals surface area contributed by atoms with Crippen LogP contribution in [0.3, 0.4) is 0 Å². The van der Waals surface area contributed by atoms with Gasteiger partial charge in [-0.2, -0.15) is 0 Å². The second kappa shape index (κ2) is 8.19. The molecule has 0 aliphatic rings. The Kier molecular flexibility index (Phi) is 7.93. The van der Waals surface area contributed by atoms with Gasteiger partial charge in [-0.3, -0.25) is 4.90 Å². The lowest BCUT2D eigenvalue weighted by Crippen LogP contribution is -2.36. The highest BCUT2D eigenvalue weighted by molar-refractivity contribution is 4.74. The van der Waals surface area contributed by atoms with Crippen LogP contribution in [-0.2, 0) is 0 Å². The second-order valence-corrected chi connectivity index (χ2v) is 2.93. The van der Waals surface area contributed by atoms with Crippen molar-refractivity contribution in [2.24, 2.45) is 0 Å². The highest BCUT2D eigenvalue weighted by Gasteiger charge is 2.08. The summed E-state index contributed by atoms with van der Waals surface area (Å²) >= 11 is 0. The van der Waals surface area contributed by atoms with Crippen LogP contribution in [0.25, 0.3) is 0 Å². The van der Waals surface area contributed by atoms with Crippen LogP contribution in [0.15, 0.2) is 12.7 Å². The molecule has 0 amide bonds. The Morgan fingerprint density at radius 3 is 2.15 bits per heavy atom. The standard InChI is InChI=1S/C9H19NO3/c1-2-3-9(13)8-10(4-6-11)5-7-12/h2,9,11-13H,1,3-8H2. The van der Waals surface area contributed by atoms with Crippen molar-refractivity contribution in [1.82, 2.24) is 4.90 Å². The third-order valence-electron chi connectivity index (χ3n) is 1.74. The van der Waals surface area contributed by atoms with E-state index < -0.39 is 6.10 Å². The predicted octanol–water partition coefficient (Wildman–Crippen LogP) is -0.790. The van der Waals surface area contributed by atoms with Gasteiger partial charge in [-0.25, -0.2) is 0 Å². The van der Waals surface area contributed by atoms with Gasteiger partial charge >= 0.3 is 0 Å². The Labute approximate surface area is 79.1 Å². The summed E-state index contributed by atoms with van der Waals surface area (Å²) in [6.07, 6.45) is 1.73. The molecule has 1 atom stereocenters. The first kappa shape index (κ1) is 12.6. The Hall–Kier alpha value is -0.420. The number of aliphatic hydroxyl groups excluding tert-OH is 3. The normalized spacial score (nSPS) is 13.2. The van der Waals surface area contributed by atoms with E-state index in [0.717, 1.165) is 0 Å². The lowest BCUT2D eigenvalue weighted by atomic mass is 10.2. The van der Waals surface area contributed by atoms with Gasteiger partial charge in [-0.1, -0.05) is 6.08 Å². The quantitative estimate of drug-likeness (QED) is 0.438. The van der Waals surface area contributed by atoms with Crippen LogP contribution in [-0.4, -0.2) is 59.2 Å². The number of rotatable bonds is 8. The van der Waals surface area contributed by atoms with Crippen molar-refractivity contribution in [1.29, 1.82) is 0 Å². The summed E-state index contributed by atoms with van der Waals surface area (Å²) in [5.74, 6) is 0. The van der Waals surface area contributed by atoms with E-state index in [1.165, 1.54) is 0 Å². The predicted molar refractivity (Wildman–Crippen MR) is 51.4 cm³/mol. The van der Waals surface area contributed by atoms with Crippen LogP contribution in [0, 0.1) is 0 Å². The zero-order valence-electron chi connectivity index (χ0n) is 7.89. The molecule has 4 nitrogen and oxygen atoms in total. The van der Waals surface area contributed by atoms with Gasteiger partial charge in [0, 0.05) is 19.6 Å². The fraction of sp³-hybridized carbons (Fsp3) is 0.778. The lowest BCUT2D eigenvalue weighted by Gasteiger charge is -2.22. The minimum atomic E-state index is -0.462. The summed E-state index contributed by atoms with van der Waals surface area (Å²) < 4.78 is 0. The van der Waals surface area contributed by atoms with Crippen molar-refractivity contribution in [3.05, 3.63) is 12.7 Å². The molecule has 0 spiro atoms. The van der Waals surface area contributed by atoms with Crippen LogP contribution < -0.4 is 0 Å². The van der Waals surface area contributed by atoms with Gasteiger partial charge in [0.05, 0.1) is 19.3 Å². The van der Waals surface area contributed by atoms with Gasteiger partial charge in [0.25, 0.3) is 0 Å². The molecule has 0 radical (unpaired) electrons. The molecular formula is C9H19NO3. The third-order valence-corrected chi connectivity index (χ3v) is 1.74. The summed E-state index contributed by atoms with van der Waals surface area (Å²) in [5.41, 5.74) is 0. The molecule has 78 valence electrons. The van der Waals surface area contributed by atoms with E-state index >= 15 is 0 Å². The molecule has 0 aliphatic heterocycles. The SMILES string of the molecule is C=CCC(O)CN(CCO)CCO. The Balaban J connectivity index is 3.70. The lowest BCUT2D eigenvalue weighted by molar-refractivity contribution is 0.0891. The molecule has 1 unspecified atom stereocenters. The van der Waals surface area contributed by atoms with Crippen molar-refractivity contribution in [3.63, 3.8) is 0 Å². The Morgan fingerprint density at radius 2 is 1.77 bits per heavy atom. The molecular weight excluding hydrogens is 170 g/mol. The number of hydrogen-bond acceptors (Lipinski definition) is 4. The molecule has 3 N–H and O–H groups in total. The molecule has 0 aromatic rings. The van der Waals surface area contributed by atoms with E-state index in [-0.39, 0.29) is 13.2 Å². The maximum absolute atomic E-state index is 9.40. The summed E-state index contributed by atoms with van der Waals surface area (Å²) in [5, 5.41) is 26.8. The van der Waals surface area contributed by atoms with Gasteiger partial charge in [0.1, 0.15) is 0 Å². The molecule has 13 heavy (non-hydrogen) atoms. The van der Waals surface area contributed by atoms with E-state index in [1.807, 2.05) is 4.90 Å². The van der Waals surface area contributed by atoms with Crippen molar-refractivity contribution in [3.8, 4) is 0 Å². The van der Waals surface area contributed by atoms with Gasteiger partial charge in [0.15, 0.2) is 0 Å². The topological polar surface area (TPSA) is 63.9 Å². The maximum Gasteiger partial charge on any atom is 0.0701 e. The zero-order chi connectivity index (χ0) is 10.1. The number of nitrogens with zero attached hydrogens (tertiary/aromatic N) is 1. The van der Waals surface area contributed by atoms with Gasteiger partial charge < -0.3 is 15.3 Å². The van der Waals surface area contributed by atoms with E-state index in [0.29, 0.717) is 26.1 Å². The average molecular weight is 189 g/mol. The van der Waals surface area contributed by atoms with Crippen molar-refractivity contribution in [2.45, 2.75) is 12.5 Å². The largest absolute Gasteiger partial charge is 0.395 e. The van der Waals surface area contributed by atoms with Crippen molar-refractivity contribution in [2.75, 3.05) is 32.8 Å². The van der Waals surface area contributed by atoms with Crippen LogP contribution >= 0.6 is 0 Å². The van der Waals surface area contributed by atoms with Gasteiger partial charge in [-0.05, 0) is 6.42 Å². The first-order valence-electron chi connectivity index (χ1n) is 4.47. The molecule has 0 aromatic carbocycles. The molecule has 0 aliphatic carbocycles. The Bertz CT molecular complexity index is 124. The third kappa shape index (κ3) is 6.72. The molecule has 0 fully saturated rings. The van der Waals surface area contributed by atoms with E-state index in [1.54, 1.807) is 6.08 Å². The van der Waals surface area contributed by atoms with Crippen LogP contribution in [0.4, 0.5) is 0 Å². The van der Waals surface area contributed by atoms with Crippen LogP contribution in [0.1, 0.15) is 6.42 Å². The first-order valence-corrected chi connectivity index (χ1v) is 4.47. The molecule has 0 heterocycles. The smallest absolute Gasteiger partial charge is 0.0701 e. The number of aliphatic hydroxyl groups is 3. The summed E-state index contributed by atoms with van der Waals surface area (Å²) in [7, 11) is 0. The fourth-order valence-corrected chi connectivity index (χ4v) is 1.14. The first-order chi connectivity index (χ1) is 6.24. The minimum absolute atomic E-state index is 0.0425. The van der Waals surface area contributed by atoms with E-state index in [9.17, 15) is 5.11 Å².